The van der Waals surface area contributed by atoms with Crippen LogP contribution in [0.4, 0.5) is 29.7 Å². The number of carbonyl (C=O) groups excluding carboxylic acids is 1. The fourth-order valence-corrected chi connectivity index (χ4v) is 5.57. The molecular formula is C26H29F3N6O2. The number of cyclic esters (lactones) is 1. The van der Waals surface area contributed by atoms with Crippen molar-refractivity contribution in [2.75, 3.05) is 10.2 Å². The molecule has 1 unspecified atom stereocenters. The number of nitrogens with zero attached hydrogens (tertiary/aromatic N) is 5. The fourth-order valence-electron chi connectivity index (χ4n) is 5.57. The molecule has 37 heavy (non-hydrogen) atoms. The number of nitrogens with one attached hydrogen (secondary N) is 1. The van der Waals surface area contributed by atoms with E-state index in [-0.39, 0.29) is 18.0 Å². The summed E-state index contributed by atoms with van der Waals surface area (Å²) in [6.07, 6.45) is -0.552. The second kappa shape index (κ2) is 8.74. The predicted octanol–water partition coefficient (Wildman–Crippen LogP) is 5.71. The first kappa shape index (κ1) is 25.0. The molecule has 1 N–H and O–H groups in total. The van der Waals surface area contributed by atoms with E-state index < -0.39 is 23.4 Å². The number of carbonyl (C=O) groups is 1. The van der Waals surface area contributed by atoms with E-state index in [2.05, 4.69) is 20.3 Å². The molecule has 5 rings (SSSR count). The molecule has 2 atom stereocenters. The summed E-state index contributed by atoms with van der Waals surface area (Å²) in [4.78, 5) is 27.8. The van der Waals surface area contributed by atoms with Crippen molar-refractivity contribution < 1.29 is 22.7 Å². The molecule has 1 aromatic carbocycles. The summed E-state index contributed by atoms with van der Waals surface area (Å²) in [6.45, 7) is 9.77. The lowest BCUT2D eigenvalue weighted by atomic mass is 9.89. The van der Waals surface area contributed by atoms with E-state index in [0.29, 0.717) is 35.9 Å². The van der Waals surface area contributed by atoms with Crippen LogP contribution in [-0.4, -0.2) is 37.3 Å². The Hall–Kier alpha value is -3.63. The zero-order valence-corrected chi connectivity index (χ0v) is 21.3. The number of amides is 1. The number of aryl methyl sites for hydroxylation is 1. The number of ether oxygens (including phenoxy) is 1. The molecule has 196 valence electrons. The molecule has 11 heteroatoms. The van der Waals surface area contributed by atoms with Gasteiger partial charge in [-0.25, -0.2) is 14.8 Å². The Kier molecular flexibility index (Phi) is 5.91. The van der Waals surface area contributed by atoms with Gasteiger partial charge in [-0.3, -0.25) is 4.90 Å². The highest BCUT2D eigenvalue weighted by molar-refractivity contribution is 5.90. The number of halogens is 3. The van der Waals surface area contributed by atoms with Gasteiger partial charge in [-0.1, -0.05) is 13.8 Å². The highest BCUT2D eigenvalue weighted by atomic mass is 19.4. The van der Waals surface area contributed by atoms with Crippen LogP contribution in [0.5, 0.6) is 0 Å². The van der Waals surface area contributed by atoms with Crippen molar-refractivity contribution in [3.8, 4) is 5.69 Å². The minimum atomic E-state index is -4.38. The molecule has 0 radical (unpaired) electrons. The lowest BCUT2D eigenvalue weighted by Gasteiger charge is -2.31. The van der Waals surface area contributed by atoms with Gasteiger partial charge in [0.15, 0.2) is 0 Å². The quantitative estimate of drug-likeness (QED) is 0.469. The minimum Gasteiger partial charge on any atom is -0.441 e. The number of alkyl halides is 3. The Balaban J connectivity index is 1.39. The molecule has 1 amide bonds. The third-order valence-electron chi connectivity index (χ3n) is 7.01. The Morgan fingerprint density at radius 2 is 1.89 bits per heavy atom. The molecule has 3 aromatic rings. The summed E-state index contributed by atoms with van der Waals surface area (Å²) in [5, 5.41) is 3.27. The standard InChI is InChI=1S/C26H29F3N6O2/c1-14(2)22-25(4,5)37-24(36)35(22)20-10-11-30-23(33-20)32-15(3)21-19-8-6-16-12-17(26(27,28)29)7-9-18(16)34(19)13-31-21/h7,9-15,22H,6,8H2,1-5H3,(H,30,32,33)/t15-,22?/m0/s1. The van der Waals surface area contributed by atoms with Gasteiger partial charge < -0.3 is 14.6 Å². The minimum absolute atomic E-state index is 0.138. The molecule has 1 saturated heterocycles. The monoisotopic (exact) mass is 514 g/mol. The molecular weight excluding hydrogens is 485 g/mol. The average Bonchev–Trinajstić information content (AvgIpc) is 3.35. The third-order valence-corrected chi connectivity index (χ3v) is 7.01. The van der Waals surface area contributed by atoms with Gasteiger partial charge in [0.25, 0.3) is 0 Å². The lowest BCUT2D eigenvalue weighted by molar-refractivity contribution is -0.137. The number of hydrogen-bond donors (Lipinski definition) is 1. The Bertz CT molecular complexity index is 1350. The lowest BCUT2D eigenvalue weighted by Crippen LogP contribution is -2.45. The number of benzene rings is 1. The Labute approximate surface area is 212 Å². The summed E-state index contributed by atoms with van der Waals surface area (Å²) in [7, 11) is 0. The summed E-state index contributed by atoms with van der Waals surface area (Å²) < 4.78 is 46.9. The van der Waals surface area contributed by atoms with Crippen LogP contribution in [0.2, 0.25) is 0 Å². The van der Waals surface area contributed by atoms with Crippen LogP contribution in [0, 0.1) is 5.92 Å². The van der Waals surface area contributed by atoms with E-state index in [1.54, 1.807) is 23.5 Å². The number of fused-ring (bicyclic) bond motifs is 3. The number of anilines is 2. The largest absolute Gasteiger partial charge is 0.441 e. The first-order valence-electron chi connectivity index (χ1n) is 12.2. The van der Waals surface area contributed by atoms with Crippen LogP contribution in [-0.2, 0) is 23.8 Å². The average molecular weight is 515 g/mol. The van der Waals surface area contributed by atoms with Crippen molar-refractivity contribution in [1.82, 2.24) is 19.5 Å². The van der Waals surface area contributed by atoms with Gasteiger partial charge in [0.05, 0.1) is 29.7 Å². The SMILES string of the molecule is CC(C)C1N(c2ccnc(N[C@@H](C)c3ncn4c3CCc3cc(C(F)(F)F)ccc3-4)n2)C(=O)OC1(C)C. The molecule has 2 aromatic heterocycles. The second-order valence-electron chi connectivity index (χ2n) is 10.4. The second-order valence-corrected chi connectivity index (χ2v) is 10.4. The van der Waals surface area contributed by atoms with Gasteiger partial charge in [0.1, 0.15) is 11.4 Å². The van der Waals surface area contributed by atoms with Crippen molar-refractivity contribution in [1.29, 1.82) is 0 Å². The molecule has 2 aliphatic rings. The van der Waals surface area contributed by atoms with Gasteiger partial charge in [0, 0.05) is 17.6 Å². The van der Waals surface area contributed by atoms with E-state index >= 15 is 0 Å². The normalized spacial score (nSPS) is 19.4. The predicted molar refractivity (Wildman–Crippen MR) is 132 cm³/mol. The molecule has 4 heterocycles. The summed E-state index contributed by atoms with van der Waals surface area (Å²) in [6, 6.07) is 5.01. The van der Waals surface area contributed by atoms with E-state index in [9.17, 15) is 18.0 Å². The van der Waals surface area contributed by atoms with Crippen molar-refractivity contribution in [3.63, 3.8) is 0 Å². The van der Waals surface area contributed by atoms with Crippen LogP contribution in [0.15, 0.2) is 36.8 Å². The molecule has 8 nitrogen and oxygen atoms in total. The van der Waals surface area contributed by atoms with Gasteiger partial charge in [-0.2, -0.15) is 18.2 Å². The Morgan fingerprint density at radius 3 is 2.59 bits per heavy atom. The number of aromatic nitrogens is 4. The zero-order valence-electron chi connectivity index (χ0n) is 21.3. The highest BCUT2D eigenvalue weighted by Gasteiger charge is 2.50. The van der Waals surface area contributed by atoms with Crippen LogP contribution >= 0.6 is 0 Å². The molecule has 2 aliphatic heterocycles. The van der Waals surface area contributed by atoms with Crippen LogP contribution < -0.4 is 10.2 Å². The van der Waals surface area contributed by atoms with Crippen molar-refractivity contribution in [2.45, 2.75) is 71.3 Å². The van der Waals surface area contributed by atoms with Crippen molar-refractivity contribution in [3.05, 3.63) is 59.3 Å². The topological polar surface area (TPSA) is 85.2 Å². The maximum absolute atomic E-state index is 13.2. The van der Waals surface area contributed by atoms with E-state index in [1.807, 2.05) is 39.2 Å². The van der Waals surface area contributed by atoms with Gasteiger partial charge >= 0.3 is 12.3 Å². The summed E-state index contributed by atoms with van der Waals surface area (Å²) >= 11 is 0. The first-order valence-corrected chi connectivity index (χ1v) is 12.2. The fraction of sp³-hybridized carbons (Fsp3) is 0.462. The molecule has 0 spiro atoms. The van der Waals surface area contributed by atoms with Gasteiger partial charge in [0.2, 0.25) is 5.95 Å². The van der Waals surface area contributed by atoms with Crippen LogP contribution in [0.25, 0.3) is 5.69 Å². The first-order chi connectivity index (χ1) is 17.4. The van der Waals surface area contributed by atoms with Crippen LogP contribution in [0.1, 0.15) is 63.2 Å². The summed E-state index contributed by atoms with van der Waals surface area (Å²) in [5.74, 6) is 0.914. The van der Waals surface area contributed by atoms with Crippen molar-refractivity contribution in [2.24, 2.45) is 5.92 Å². The molecule has 0 bridgehead atoms. The van der Waals surface area contributed by atoms with Crippen molar-refractivity contribution >= 4 is 17.9 Å². The number of rotatable bonds is 5. The molecule has 1 fully saturated rings. The summed E-state index contributed by atoms with van der Waals surface area (Å²) in [5.41, 5.74) is 1.72. The van der Waals surface area contributed by atoms with E-state index in [1.165, 1.54) is 12.1 Å². The maximum atomic E-state index is 13.2. The zero-order chi connectivity index (χ0) is 26.7. The van der Waals surface area contributed by atoms with Gasteiger partial charge in [-0.15, -0.1) is 0 Å². The van der Waals surface area contributed by atoms with Crippen LogP contribution in [0.3, 0.4) is 0 Å². The Morgan fingerprint density at radius 1 is 1.14 bits per heavy atom. The third kappa shape index (κ3) is 4.40. The maximum Gasteiger partial charge on any atom is 0.416 e. The van der Waals surface area contributed by atoms with E-state index in [0.717, 1.165) is 17.5 Å². The number of hydrogen-bond acceptors (Lipinski definition) is 6. The van der Waals surface area contributed by atoms with Gasteiger partial charge in [-0.05, 0) is 69.4 Å². The number of imidazole rings is 1. The molecule has 0 saturated carbocycles. The molecule has 0 aliphatic carbocycles. The smallest absolute Gasteiger partial charge is 0.416 e. The highest BCUT2D eigenvalue weighted by Crippen LogP contribution is 2.38. The van der Waals surface area contributed by atoms with E-state index in [4.69, 9.17) is 4.74 Å².